The summed E-state index contributed by atoms with van der Waals surface area (Å²) in [6.45, 7) is 11.8. The zero-order chi connectivity index (χ0) is 12.2. The molecule has 0 unspecified atom stereocenters. The number of rotatable bonds is 3. The van der Waals surface area contributed by atoms with Gasteiger partial charge >= 0.3 is 0 Å². The first kappa shape index (κ1) is 13.5. The maximum atomic E-state index is 11.7. The second-order valence-corrected chi connectivity index (χ2v) is 5.92. The van der Waals surface area contributed by atoms with Crippen molar-refractivity contribution in [2.24, 2.45) is 5.41 Å². The molecular formula is C12H25N3O. The number of nitrogens with zero attached hydrogens (tertiary/aromatic N) is 2. The van der Waals surface area contributed by atoms with Crippen molar-refractivity contribution < 1.29 is 4.79 Å². The lowest BCUT2D eigenvalue weighted by Gasteiger charge is -2.32. The molecule has 0 saturated carbocycles. The molecular weight excluding hydrogens is 202 g/mol. The number of amides is 1. The molecule has 1 saturated heterocycles. The number of carbonyl (C=O) groups is 1. The van der Waals surface area contributed by atoms with Crippen molar-refractivity contribution >= 4 is 5.91 Å². The number of likely N-dealkylation sites (N-methyl/N-ethyl adjacent to an activating group) is 1. The summed E-state index contributed by atoms with van der Waals surface area (Å²) in [7, 11) is 2.12. The van der Waals surface area contributed by atoms with E-state index in [2.05, 4.69) is 42.9 Å². The molecule has 0 aromatic carbocycles. The van der Waals surface area contributed by atoms with E-state index in [0.717, 1.165) is 32.7 Å². The van der Waals surface area contributed by atoms with E-state index in [4.69, 9.17) is 0 Å². The van der Waals surface area contributed by atoms with Crippen molar-refractivity contribution in [1.29, 1.82) is 0 Å². The molecule has 0 spiro atoms. The molecule has 0 aromatic rings. The summed E-state index contributed by atoms with van der Waals surface area (Å²) in [5.41, 5.74) is 0.164. The molecule has 1 aliphatic rings. The van der Waals surface area contributed by atoms with Gasteiger partial charge in [0.05, 0.1) is 6.54 Å². The van der Waals surface area contributed by atoms with Crippen LogP contribution < -0.4 is 5.32 Å². The third-order valence-electron chi connectivity index (χ3n) is 2.78. The fourth-order valence-electron chi connectivity index (χ4n) is 1.63. The normalized spacial score (nSPS) is 19.8. The molecule has 1 fully saturated rings. The van der Waals surface area contributed by atoms with Gasteiger partial charge in [-0.15, -0.1) is 0 Å². The van der Waals surface area contributed by atoms with Crippen LogP contribution in [0, 0.1) is 5.41 Å². The van der Waals surface area contributed by atoms with Gasteiger partial charge in [-0.2, -0.15) is 0 Å². The van der Waals surface area contributed by atoms with Gasteiger partial charge < -0.3 is 10.2 Å². The first-order valence-corrected chi connectivity index (χ1v) is 6.04. The topological polar surface area (TPSA) is 35.6 Å². The standard InChI is InChI=1S/C12H25N3O/c1-12(2,3)10-13-11(16)9-15-7-5-14(4)6-8-15/h5-10H2,1-4H3,(H,13,16). The van der Waals surface area contributed by atoms with Crippen molar-refractivity contribution in [3.8, 4) is 0 Å². The molecule has 1 amide bonds. The minimum atomic E-state index is 0.152. The Balaban J connectivity index is 2.19. The van der Waals surface area contributed by atoms with E-state index >= 15 is 0 Å². The number of hydrogen-bond donors (Lipinski definition) is 1. The second kappa shape index (κ2) is 5.64. The molecule has 94 valence electrons. The monoisotopic (exact) mass is 227 g/mol. The molecule has 0 atom stereocenters. The Labute approximate surface area is 99.0 Å². The van der Waals surface area contributed by atoms with Gasteiger partial charge in [-0.25, -0.2) is 0 Å². The van der Waals surface area contributed by atoms with Crippen LogP contribution >= 0.6 is 0 Å². The van der Waals surface area contributed by atoms with Gasteiger partial charge in [0.25, 0.3) is 0 Å². The molecule has 0 aromatic heterocycles. The van der Waals surface area contributed by atoms with E-state index in [0.29, 0.717) is 6.54 Å². The van der Waals surface area contributed by atoms with E-state index in [9.17, 15) is 4.79 Å². The van der Waals surface area contributed by atoms with Gasteiger partial charge in [0.15, 0.2) is 0 Å². The van der Waals surface area contributed by atoms with Crippen molar-refractivity contribution in [2.45, 2.75) is 20.8 Å². The summed E-state index contributed by atoms with van der Waals surface area (Å²) in [5, 5.41) is 2.99. The van der Waals surface area contributed by atoms with Crippen LogP contribution in [0.25, 0.3) is 0 Å². The van der Waals surface area contributed by atoms with Crippen molar-refractivity contribution in [2.75, 3.05) is 46.3 Å². The first-order valence-electron chi connectivity index (χ1n) is 6.04. The smallest absolute Gasteiger partial charge is 0.234 e. The van der Waals surface area contributed by atoms with E-state index in [1.54, 1.807) is 0 Å². The first-order chi connectivity index (χ1) is 7.37. The van der Waals surface area contributed by atoms with Gasteiger partial charge in [0.1, 0.15) is 0 Å². The van der Waals surface area contributed by atoms with E-state index in [1.807, 2.05) is 0 Å². The van der Waals surface area contributed by atoms with Gasteiger partial charge in [-0.1, -0.05) is 20.8 Å². The molecule has 1 N–H and O–H groups in total. The van der Waals surface area contributed by atoms with Crippen molar-refractivity contribution in [1.82, 2.24) is 15.1 Å². The van der Waals surface area contributed by atoms with Crippen LogP contribution in [0.1, 0.15) is 20.8 Å². The lowest BCUT2D eigenvalue weighted by Crippen LogP contribution is -2.48. The highest BCUT2D eigenvalue weighted by Crippen LogP contribution is 2.10. The summed E-state index contributed by atoms with van der Waals surface area (Å²) in [6, 6.07) is 0. The third kappa shape index (κ3) is 5.47. The highest BCUT2D eigenvalue weighted by molar-refractivity contribution is 5.78. The van der Waals surface area contributed by atoms with E-state index in [1.165, 1.54) is 0 Å². The zero-order valence-corrected chi connectivity index (χ0v) is 11.0. The molecule has 1 heterocycles. The Hall–Kier alpha value is -0.610. The average molecular weight is 227 g/mol. The van der Waals surface area contributed by atoms with Crippen molar-refractivity contribution in [3.63, 3.8) is 0 Å². The maximum Gasteiger partial charge on any atom is 0.234 e. The fourth-order valence-corrected chi connectivity index (χ4v) is 1.63. The van der Waals surface area contributed by atoms with Crippen LogP contribution in [0.2, 0.25) is 0 Å². The Kier molecular flexibility index (Phi) is 4.74. The molecule has 0 aliphatic carbocycles. The number of piperazine rings is 1. The molecule has 4 nitrogen and oxygen atoms in total. The lowest BCUT2D eigenvalue weighted by atomic mass is 9.97. The number of carbonyl (C=O) groups excluding carboxylic acids is 1. The summed E-state index contributed by atoms with van der Waals surface area (Å²) >= 11 is 0. The second-order valence-electron chi connectivity index (χ2n) is 5.92. The quantitative estimate of drug-likeness (QED) is 0.758. The van der Waals surface area contributed by atoms with Crippen LogP contribution in [0.15, 0.2) is 0 Å². The molecule has 1 rings (SSSR count). The average Bonchev–Trinajstić information content (AvgIpc) is 2.18. The van der Waals surface area contributed by atoms with E-state index < -0.39 is 0 Å². The maximum absolute atomic E-state index is 11.7. The third-order valence-corrected chi connectivity index (χ3v) is 2.78. The Morgan fingerprint density at radius 3 is 2.25 bits per heavy atom. The zero-order valence-electron chi connectivity index (χ0n) is 11.0. The molecule has 1 aliphatic heterocycles. The van der Waals surface area contributed by atoms with Crippen LogP contribution in [0.4, 0.5) is 0 Å². The summed E-state index contributed by atoms with van der Waals surface area (Å²) in [4.78, 5) is 16.2. The van der Waals surface area contributed by atoms with Crippen LogP contribution in [0.5, 0.6) is 0 Å². The predicted molar refractivity (Wildman–Crippen MR) is 66.4 cm³/mol. The van der Waals surface area contributed by atoms with Gasteiger partial charge in [0, 0.05) is 32.7 Å². The summed E-state index contributed by atoms with van der Waals surface area (Å²) in [6.07, 6.45) is 0. The fraction of sp³-hybridized carbons (Fsp3) is 0.917. The van der Waals surface area contributed by atoms with Crippen molar-refractivity contribution in [3.05, 3.63) is 0 Å². The van der Waals surface area contributed by atoms with Crippen LogP contribution in [-0.4, -0.2) is 62.0 Å². The highest BCUT2D eigenvalue weighted by Gasteiger charge is 2.17. The summed E-state index contributed by atoms with van der Waals surface area (Å²) in [5.74, 6) is 0.152. The SMILES string of the molecule is CN1CCN(CC(=O)NCC(C)(C)C)CC1. The minimum absolute atomic E-state index is 0.152. The van der Waals surface area contributed by atoms with Gasteiger partial charge in [-0.3, -0.25) is 9.69 Å². The molecule has 16 heavy (non-hydrogen) atoms. The molecule has 0 bridgehead atoms. The largest absolute Gasteiger partial charge is 0.354 e. The lowest BCUT2D eigenvalue weighted by molar-refractivity contribution is -0.123. The van der Waals surface area contributed by atoms with E-state index in [-0.39, 0.29) is 11.3 Å². The Bertz CT molecular complexity index is 227. The van der Waals surface area contributed by atoms with Crippen LogP contribution in [-0.2, 0) is 4.79 Å². The minimum Gasteiger partial charge on any atom is -0.354 e. The van der Waals surface area contributed by atoms with Gasteiger partial charge in [-0.05, 0) is 12.5 Å². The number of hydrogen-bond acceptors (Lipinski definition) is 3. The predicted octanol–water partition coefficient (Wildman–Crippen LogP) is 0.396. The Morgan fingerprint density at radius 2 is 1.75 bits per heavy atom. The van der Waals surface area contributed by atoms with Crippen LogP contribution in [0.3, 0.4) is 0 Å². The van der Waals surface area contributed by atoms with Gasteiger partial charge in [0.2, 0.25) is 5.91 Å². The molecule has 0 radical (unpaired) electrons. The molecule has 4 heteroatoms. The highest BCUT2D eigenvalue weighted by atomic mass is 16.2. The Morgan fingerprint density at radius 1 is 1.19 bits per heavy atom. The summed E-state index contributed by atoms with van der Waals surface area (Å²) < 4.78 is 0. The number of nitrogens with one attached hydrogen (secondary N) is 1.